The first kappa shape index (κ1) is 12.3. The van der Waals surface area contributed by atoms with Crippen LogP contribution in [0.5, 0.6) is 0 Å². The molecular weight excluding hydrogens is 202 g/mol. The van der Waals surface area contributed by atoms with Crippen molar-refractivity contribution in [2.75, 3.05) is 20.3 Å². The molecule has 0 radical (unpaired) electrons. The van der Waals surface area contributed by atoms with Crippen LogP contribution in [0.2, 0.25) is 0 Å². The smallest absolute Gasteiger partial charge is 0.0700 e. The van der Waals surface area contributed by atoms with Gasteiger partial charge in [0.05, 0.1) is 6.10 Å². The molecular formula is C13H25NO2. The van der Waals surface area contributed by atoms with Gasteiger partial charge in [0.15, 0.2) is 0 Å². The van der Waals surface area contributed by atoms with Gasteiger partial charge in [0, 0.05) is 31.9 Å². The summed E-state index contributed by atoms with van der Waals surface area (Å²) in [6.45, 7) is 3.97. The second-order valence-corrected chi connectivity index (χ2v) is 5.35. The van der Waals surface area contributed by atoms with E-state index in [-0.39, 0.29) is 0 Å². The maximum absolute atomic E-state index is 5.63. The first-order chi connectivity index (χ1) is 7.76. The van der Waals surface area contributed by atoms with Crippen molar-refractivity contribution in [3.05, 3.63) is 0 Å². The zero-order valence-electron chi connectivity index (χ0n) is 10.6. The first-order valence-corrected chi connectivity index (χ1v) is 6.64. The fraction of sp³-hybridized carbons (Fsp3) is 1.00. The summed E-state index contributed by atoms with van der Waals surface area (Å²) >= 11 is 0. The summed E-state index contributed by atoms with van der Waals surface area (Å²) < 4.78 is 10.9. The Morgan fingerprint density at radius 3 is 2.69 bits per heavy atom. The summed E-state index contributed by atoms with van der Waals surface area (Å²) in [6, 6.07) is 0.551. The van der Waals surface area contributed by atoms with Crippen LogP contribution in [0.1, 0.15) is 45.4 Å². The normalized spacial score (nSPS) is 33.4. The van der Waals surface area contributed by atoms with Crippen LogP contribution in [0.4, 0.5) is 0 Å². The number of hydrogen-bond acceptors (Lipinski definition) is 3. The average Bonchev–Trinajstić information content (AvgIpc) is 2.88. The van der Waals surface area contributed by atoms with Gasteiger partial charge in [-0.1, -0.05) is 12.8 Å². The summed E-state index contributed by atoms with van der Waals surface area (Å²) in [5, 5.41) is 3.87. The molecule has 1 heterocycles. The van der Waals surface area contributed by atoms with E-state index in [0.29, 0.717) is 17.7 Å². The summed E-state index contributed by atoms with van der Waals surface area (Å²) in [5.41, 5.74) is 0.336. The van der Waals surface area contributed by atoms with Crippen molar-refractivity contribution >= 4 is 0 Å². The van der Waals surface area contributed by atoms with Crippen LogP contribution in [-0.4, -0.2) is 38.0 Å². The average molecular weight is 227 g/mol. The summed E-state index contributed by atoms with van der Waals surface area (Å²) in [4.78, 5) is 0. The van der Waals surface area contributed by atoms with Crippen molar-refractivity contribution in [2.24, 2.45) is 0 Å². The Bertz CT molecular complexity index is 214. The molecule has 2 rings (SSSR count). The standard InChI is InChI=1S/C13H25NO2/c1-11-12(5-9-16-11)14-13(8-10-15-2)6-3-4-7-13/h11-12,14H,3-10H2,1-2H3. The predicted molar refractivity (Wildman–Crippen MR) is 64.6 cm³/mol. The van der Waals surface area contributed by atoms with Gasteiger partial charge in [-0.15, -0.1) is 0 Å². The minimum absolute atomic E-state index is 0.336. The molecule has 16 heavy (non-hydrogen) atoms. The molecule has 2 fully saturated rings. The molecule has 1 saturated carbocycles. The molecule has 1 aliphatic heterocycles. The molecule has 2 atom stereocenters. The van der Waals surface area contributed by atoms with Crippen molar-refractivity contribution in [3.63, 3.8) is 0 Å². The maximum atomic E-state index is 5.63. The molecule has 3 heteroatoms. The topological polar surface area (TPSA) is 30.5 Å². The number of nitrogens with one attached hydrogen (secondary N) is 1. The number of ether oxygens (including phenoxy) is 2. The van der Waals surface area contributed by atoms with Crippen molar-refractivity contribution in [1.29, 1.82) is 0 Å². The molecule has 94 valence electrons. The molecule has 0 aromatic carbocycles. The Kier molecular flexibility index (Phi) is 4.22. The number of hydrogen-bond donors (Lipinski definition) is 1. The Morgan fingerprint density at radius 1 is 1.38 bits per heavy atom. The highest BCUT2D eigenvalue weighted by atomic mass is 16.5. The lowest BCUT2D eigenvalue weighted by atomic mass is 9.91. The van der Waals surface area contributed by atoms with Crippen LogP contribution in [0.3, 0.4) is 0 Å². The van der Waals surface area contributed by atoms with Crippen molar-refractivity contribution in [3.8, 4) is 0 Å². The SMILES string of the molecule is COCCC1(NC2CCOC2C)CCCC1. The molecule has 1 aliphatic carbocycles. The lowest BCUT2D eigenvalue weighted by molar-refractivity contribution is 0.0964. The molecule has 3 nitrogen and oxygen atoms in total. The van der Waals surface area contributed by atoms with Gasteiger partial charge in [-0.05, 0) is 32.6 Å². The Hall–Kier alpha value is -0.120. The van der Waals surface area contributed by atoms with E-state index in [1.165, 1.54) is 25.7 Å². The quantitative estimate of drug-likeness (QED) is 0.780. The second-order valence-electron chi connectivity index (χ2n) is 5.35. The molecule has 0 spiro atoms. The molecule has 0 bridgehead atoms. The van der Waals surface area contributed by atoms with Gasteiger partial charge in [-0.3, -0.25) is 0 Å². The monoisotopic (exact) mass is 227 g/mol. The Morgan fingerprint density at radius 2 is 2.12 bits per heavy atom. The lowest BCUT2D eigenvalue weighted by Crippen LogP contribution is -2.51. The summed E-state index contributed by atoms with van der Waals surface area (Å²) in [5.74, 6) is 0. The van der Waals surface area contributed by atoms with Crippen LogP contribution in [0, 0.1) is 0 Å². The minimum Gasteiger partial charge on any atom is -0.385 e. The van der Waals surface area contributed by atoms with Crippen molar-refractivity contribution in [1.82, 2.24) is 5.32 Å². The van der Waals surface area contributed by atoms with Crippen LogP contribution >= 0.6 is 0 Å². The van der Waals surface area contributed by atoms with E-state index in [0.717, 1.165) is 26.1 Å². The van der Waals surface area contributed by atoms with Gasteiger partial charge in [0.1, 0.15) is 0 Å². The third kappa shape index (κ3) is 2.76. The molecule has 1 N–H and O–H groups in total. The van der Waals surface area contributed by atoms with E-state index in [1.807, 2.05) is 0 Å². The molecule has 2 aliphatic rings. The van der Waals surface area contributed by atoms with E-state index >= 15 is 0 Å². The van der Waals surface area contributed by atoms with Crippen LogP contribution in [0.15, 0.2) is 0 Å². The van der Waals surface area contributed by atoms with Gasteiger partial charge >= 0.3 is 0 Å². The number of methoxy groups -OCH3 is 1. The van der Waals surface area contributed by atoms with Crippen molar-refractivity contribution in [2.45, 2.75) is 63.1 Å². The van der Waals surface area contributed by atoms with Crippen LogP contribution < -0.4 is 5.32 Å². The zero-order valence-corrected chi connectivity index (χ0v) is 10.6. The Labute approximate surface area is 98.9 Å². The maximum Gasteiger partial charge on any atom is 0.0700 e. The largest absolute Gasteiger partial charge is 0.385 e. The predicted octanol–water partition coefficient (Wildman–Crippen LogP) is 2.10. The van der Waals surface area contributed by atoms with Gasteiger partial charge in [0.2, 0.25) is 0 Å². The van der Waals surface area contributed by atoms with Crippen LogP contribution in [0.25, 0.3) is 0 Å². The summed E-state index contributed by atoms with van der Waals surface area (Å²) in [7, 11) is 1.80. The summed E-state index contributed by atoms with van der Waals surface area (Å²) in [6.07, 6.45) is 8.01. The van der Waals surface area contributed by atoms with E-state index in [1.54, 1.807) is 7.11 Å². The van der Waals surface area contributed by atoms with Gasteiger partial charge in [-0.2, -0.15) is 0 Å². The van der Waals surface area contributed by atoms with E-state index in [9.17, 15) is 0 Å². The molecule has 2 unspecified atom stereocenters. The first-order valence-electron chi connectivity index (χ1n) is 6.64. The third-order valence-electron chi connectivity index (χ3n) is 4.21. The number of rotatable bonds is 5. The molecule has 1 saturated heterocycles. The van der Waals surface area contributed by atoms with E-state index in [2.05, 4.69) is 12.2 Å². The zero-order chi connectivity index (χ0) is 11.4. The Balaban J connectivity index is 1.91. The van der Waals surface area contributed by atoms with Crippen molar-refractivity contribution < 1.29 is 9.47 Å². The highest BCUT2D eigenvalue weighted by Crippen LogP contribution is 2.34. The third-order valence-corrected chi connectivity index (χ3v) is 4.21. The minimum atomic E-state index is 0.336. The van der Waals surface area contributed by atoms with E-state index < -0.39 is 0 Å². The van der Waals surface area contributed by atoms with Gasteiger partial charge < -0.3 is 14.8 Å². The molecule has 0 amide bonds. The fourth-order valence-electron chi connectivity index (χ4n) is 3.13. The molecule has 0 aromatic rings. The highest BCUT2D eigenvalue weighted by Gasteiger charge is 2.37. The second kappa shape index (κ2) is 5.48. The van der Waals surface area contributed by atoms with Gasteiger partial charge in [-0.25, -0.2) is 0 Å². The fourth-order valence-corrected chi connectivity index (χ4v) is 3.13. The lowest BCUT2D eigenvalue weighted by Gasteiger charge is -2.34. The van der Waals surface area contributed by atoms with E-state index in [4.69, 9.17) is 9.47 Å². The molecule has 0 aromatic heterocycles. The highest BCUT2D eigenvalue weighted by molar-refractivity contribution is 4.97. The van der Waals surface area contributed by atoms with Gasteiger partial charge in [0.25, 0.3) is 0 Å². The van der Waals surface area contributed by atoms with Crippen LogP contribution in [-0.2, 0) is 9.47 Å².